The van der Waals surface area contributed by atoms with Crippen LogP contribution in [0.25, 0.3) is 6.08 Å². The van der Waals surface area contributed by atoms with Crippen molar-refractivity contribution in [3.63, 3.8) is 0 Å². The standard InChI is InChI=1S/C22H22ClNO7/c1-4-30-18-12-14(10-16(21(26)28-2)22(27)29-3)11-17(23)20(18)31-13-19(25)24-15-8-6-5-7-9-15/h5-12H,4,13H2,1-3H3,(H,24,25). The first-order chi connectivity index (χ1) is 14.9. The van der Waals surface area contributed by atoms with E-state index >= 15 is 0 Å². The molecule has 0 fully saturated rings. The maximum Gasteiger partial charge on any atom is 0.345 e. The fourth-order valence-electron chi connectivity index (χ4n) is 2.52. The Bertz CT molecular complexity index is 955. The van der Waals surface area contributed by atoms with Gasteiger partial charge in [0, 0.05) is 5.69 Å². The third-order valence-electron chi connectivity index (χ3n) is 3.86. The van der Waals surface area contributed by atoms with Crippen LogP contribution in [0, 0.1) is 0 Å². The molecule has 0 aliphatic carbocycles. The van der Waals surface area contributed by atoms with Crippen molar-refractivity contribution in [2.75, 3.05) is 32.8 Å². The van der Waals surface area contributed by atoms with Crippen molar-refractivity contribution < 1.29 is 33.3 Å². The second kappa shape index (κ2) is 11.6. The van der Waals surface area contributed by atoms with Crippen LogP contribution < -0.4 is 14.8 Å². The number of anilines is 1. The van der Waals surface area contributed by atoms with E-state index < -0.39 is 11.9 Å². The molecule has 9 heteroatoms. The Morgan fingerprint density at radius 1 is 1.00 bits per heavy atom. The summed E-state index contributed by atoms with van der Waals surface area (Å²) in [6.45, 7) is 1.74. The highest BCUT2D eigenvalue weighted by Gasteiger charge is 2.21. The van der Waals surface area contributed by atoms with Gasteiger partial charge >= 0.3 is 11.9 Å². The number of esters is 2. The molecule has 0 atom stereocenters. The minimum Gasteiger partial charge on any atom is -0.490 e. The van der Waals surface area contributed by atoms with E-state index in [-0.39, 0.29) is 41.2 Å². The lowest BCUT2D eigenvalue weighted by Gasteiger charge is -2.15. The van der Waals surface area contributed by atoms with Gasteiger partial charge in [-0.2, -0.15) is 0 Å². The number of hydrogen-bond acceptors (Lipinski definition) is 7. The van der Waals surface area contributed by atoms with Crippen molar-refractivity contribution in [2.45, 2.75) is 6.92 Å². The van der Waals surface area contributed by atoms with Crippen LogP contribution in [0.1, 0.15) is 12.5 Å². The largest absolute Gasteiger partial charge is 0.490 e. The number of rotatable bonds is 9. The Morgan fingerprint density at radius 2 is 1.65 bits per heavy atom. The zero-order valence-electron chi connectivity index (χ0n) is 17.3. The van der Waals surface area contributed by atoms with E-state index in [1.807, 2.05) is 6.07 Å². The topological polar surface area (TPSA) is 100 Å². The summed E-state index contributed by atoms with van der Waals surface area (Å²) in [6, 6.07) is 11.9. The Labute approximate surface area is 184 Å². The van der Waals surface area contributed by atoms with E-state index in [1.165, 1.54) is 18.2 Å². The quantitative estimate of drug-likeness (QED) is 0.272. The first kappa shape index (κ1) is 23.8. The van der Waals surface area contributed by atoms with Crippen LogP contribution in [0.15, 0.2) is 48.0 Å². The summed E-state index contributed by atoms with van der Waals surface area (Å²) in [5.74, 6) is -1.71. The Hall–Kier alpha value is -3.52. The zero-order chi connectivity index (χ0) is 22.8. The third-order valence-corrected chi connectivity index (χ3v) is 4.14. The normalized spacial score (nSPS) is 9.94. The molecule has 2 rings (SSSR count). The van der Waals surface area contributed by atoms with Crippen molar-refractivity contribution in [1.82, 2.24) is 0 Å². The number of carbonyl (C=O) groups excluding carboxylic acids is 3. The summed E-state index contributed by atoms with van der Waals surface area (Å²) in [6.07, 6.45) is 1.26. The molecule has 0 saturated heterocycles. The van der Waals surface area contributed by atoms with Gasteiger partial charge in [0.1, 0.15) is 5.57 Å². The molecule has 0 aliphatic heterocycles. The summed E-state index contributed by atoms with van der Waals surface area (Å²) >= 11 is 6.33. The summed E-state index contributed by atoms with van der Waals surface area (Å²) in [5.41, 5.74) is 0.686. The van der Waals surface area contributed by atoms with Gasteiger partial charge in [0.15, 0.2) is 18.1 Å². The zero-order valence-corrected chi connectivity index (χ0v) is 18.0. The predicted octanol–water partition coefficient (Wildman–Crippen LogP) is 3.49. The van der Waals surface area contributed by atoms with Gasteiger partial charge in [0.05, 0.1) is 25.8 Å². The molecule has 0 bridgehead atoms. The highest BCUT2D eigenvalue weighted by atomic mass is 35.5. The molecule has 31 heavy (non-hydrogen) atoms. The maximum atomic E-state index is 12.2. The van der Waals surface area contributed by atoms with Crippen molar-refractivity contribution in [1.29, 1.82) is 0 Å². The van der Waals surface area contributed by atoms with Crippen molar-refractivity contribution in [3.05, 3.63) is 58.6 Å². The molecule has 0 unspecified atom stereocenters. The SMILES string of the molecule is CCOc1cc(C=C(C(=O)OC)C(=O)OC)cc(Cl)c1OCC(=O)Nc1ccccc1. The minimum atomic E-state index is -0.862. The summed E-state index contributed by atoms with van der Waals surface area (Å²) in [5, 5.41) is 2.82. The van der Waals surface area contributed by atoms with E-state index in [9.17, 15) is 14.4 Å². The average Bonchev–Trinajstić information content (AvgIpc) is 2.76. The van der Waals surface area contributed by atoms with Gasteiger partial charge in [0.25, 0.3) is 5.91 Å². The number of para-hydroxylation sites is 1. The van der Waals surface area contributed by atoms with E-state index in [0.29, 0.717) is 11.3 Å². The molecule has 0 aliphatic rings. The average molecular weight is 448 g/mol. The number of hydrogen-bond donors (Lipinski definition) is 1. The smallest absolute Gasteiger partial charge is 0.345 e. The highest BCUT2D eigenvalue weighted by molar-refractivity contribution is 6.32. The van der Waals surface area contributed by atoms with E-state index in [4.69, 9.17) is 21.1 Å². The lowest BCUT2D eigenvalue weighted by Crippen LogP contribution is -2.20. The van der Waals surface area contributed by atoms with Crippen molar-refractivity contribution in [3.8, 4) is 11.5 Å². The highest BCUT2D eigenvalue weighted by Crippen LogP contribution is 2.37. The number of halogens is 1. The molecule has 0 aromatic heterocycles. The number of amides is 1. The predicted molar refractivity (Wildman–Crippen MR) is 115 cm³/mol. The fraction of sp³-hybridized carbons (Fsp3) is 0.227. The van der Waals surface area contributed by atoms with Crippen molar-refractivity contribution in [2.24, 2.45) is 0 Å². The van der Waals surface area contributed by atoms with Crippen molar-refractivity contribution >= 4 is 41.2 Å². The molecule has 0 spiro atoms. The molecule has 0 radical (unpaired) electrons. The molecular formula is C22H22ClNO7. The Balaban J connectivity index is 2.27. The summed E-state index contributed by atoms with van der Waals surface area (Å²) in [4.78, 5) is 35.9. The number of ether oxygens (including phenoxy) is 4. The second-order valence-corrected chi connectivity index (χ2v) is 6.41. The molecule has 164 valence electrons. The summed E-state index contributed by atoms with van der Waals surface area (Å²) < 4.78 is 20.4. The van der Waals surface area contributed by atoms with E-state index in [0.717, 1.165) is 14.2 Å². The molecule has 0 saturated carbocycles. The monoisotopic (exact) mass is 447 g/mol. The van der Waals surface area contributed by atoms with E-state index in [2.05, 4.69) is 14.8 Å². The van der Waals surface area contributed by atoms with Crippen LogP contribution in [0.5, 0.6) is 11.5 Å². The van der Waals surface area contributed by atoms with Gasteiger partial charge in [-0.3, -0.25) is 4.79 Å². The number of carbonyl (C=O) groups is 3. The van der Waals surface area contributed by atoms with Gasteiger partial charge in [-0.25, -0.2) is 9.59 Å². The molecule has 2 aromatic rings. The van der Waals surface area contributed by atoms with Gasteiger partial charge in [-0.1, -0.05) is 29.8 Å². The van der Waals surface area contributed by atoms with Gasteiger partial charge in [0.2, 0.25) is 0 Å². The Morgan fingerprint density at radius 3 is 2.23 bits per heavy atom. The maximum absolute atomic E-state index is 12.2. The Kier molecular flexibility index (Phi) is 8.90. The van der Waals surface area contributed by atoms with Gasteiger partial charge < -0.3 is 24.3 Å². The second-order valence-electron chi connectivity index (χ2n) is 6.01. The van der Waals surface area contributed by atoms with Crippen LogP contribution in [0.3, 0.4) is 0 Å². The molecule has 1 N–H and O–H groups in total. The molecule has 8 nitrogen and oxygen atoms in total. The first-order valence-corrected chi connectivity index (χ1v) is 9.59. The first-order valence-electron chi connectivity index (χ1n) is 9.22. The van der Waals surface area contributed by atoms with Gasteiger partial charge in [-0.05, 0) is 42.8 Å². The molecule has 1 amide bonds. The molecular weight excluding hydrogens is 426 g/mol. The number of nitrogens with one attached hydrogen (secondary N) is 1. The number of benzene rings is 2. The summed E-state index contributed by atoms with van der Waals surface area (Å²) in [7, 11) is 2.30. The molecule has 2 aromatic carbocycles. The molecule has 0 heterocycles. The third kappa shape index (κ3) is 6.75. The van der Waals surface area contributed by atoms with Crippen LogP contribution in [0.2, 0.25) is 5.02 Å². The van der Waals surface area contributed by atoms with Gasteiger partial charge in [-0.15, -0.1) is 0 Å². The van der Waals surface area contributed by atoms with E-state index in [1.54, 1.807) is 31.2 Å². The number of methoxy groups -OCH3 is 2. The van der Waals surface area contributed by atoms with Crippen LogP contribution in [0.4, 0.5) is 5.69 Å². The van der Waals surface area contributed by atoms with Crippen LogP contribution in [-0.4, -0.2) is 45.3 Å². The van der Waals surface area contributed by atoms with Crippen LogP contribution in [-0.2, 0) is 23.9 Å². The lowest BCUT2D eigenvalue weighted by atomic mass is 10.1. The fourth-order valence-corrected chi connectivity index (χ4v) is 2.79. The van der Waals surface area contributed by atoms with Crippen LogP contribution >= 0.6 is 11.6 Å². The minimum absolute atomic E-state index is 0.124. The lowest BCUT2D eigenvalue weighted by molar-refractivity contribution is -0.143.